The fourth-order valence-corrected chi connectivity index (χ4v) is 0.854. The quantitative estimate of drug-likeness (QED) is 0.447. The molecule has 0 amide bonds. The number of anilines is 1. The summed E-state index contributed by atoms with van der Waals surface area (Å²) >= 11 is 5.69. The van der Waals surface area contributed by atoms with Crippen molar-refractivity contribution in [1.82, 2.24) is 0 Å². The van der Waals surface area contributed by atoms with Crippen molar-refractivity contribution in [1.29, 1.82) is 0 Å². The topological polar surface area (TPSA) is 46.2 Å². The van der Waals surface area contributed by atoms with Gasteiger partial charge in [-0.15, -0.1) is 0 Å². The lowest BCUT2D eigenvalue weighted by atomic mass is 10.2. The van der Waals surface area contributed by atoms with E-state index in [1.54, 1.807) is 0 Å². The molecule has 0 fully saturated rings. The van der Waals surface area contributed by atoms with Crippen molar-refractivity contribution in [3.05, 3.63) is 22.7 Å². The second-order valence-corrected chi connectivity index (χ2v) is 2.57. The van der Waals surface area contributed by atoms with Crippen LogP contribution < -0.4 is 5.73 Å². The van der Waals surface area contributed by atoms with Gasteiger partial charge >= 0.3 is 0 Å². The summed E-state index contributed by atoms with van der Waals surface area (Å²) in [6.07, 6.45) is 0. The molecule has 0 unspecified atom stereocenters. The molecule has 1 aromatic rings. The molecule has 0 atom stereocenters. The number of rotatable bonds is 0. The predicted molar refractivity (Wildman–Crippen MR) is 42.3 cm³/mol. The average Bonchev–Trinajstić information content (AvgIpc) is 1.84. The third kappa shape index (κ3) is 1.16. The summed E-state index contributed by atoms with van der Waals surface area (Å²) < 4.78 is 0. The van der Waals surface area contributed by atoms with E-state index in [0.717, 1.165) is 5.56 Å². The zero-order valence-corrected chi connectivity index (χ0v) is 6.31. The largest absolute Gasteiger partial charge is 0.506 e. The average molecular weight is 158 g/mol. The van der Waals surface area contributed by atoms with Gasteiger partial charge < -0.3 is 10.8 Å². The number of hydrogen-bond donors (Lipinski definition) is 2. The number of aryl methyl sites for hydroxylation is 1. The van der Waals surface area contributed by atoms with E-state index >= 15 is 0 Å². The van der Waals surface area contributed by atoms with Crippen LogP contribution in [-0.2, 0) is 0 Å². The minimum Gasteiger partial charge on any atom is -0.506 e. The molecule has 0 aliphatic rings. The van der Waals surface area contributed by atoms with Crippen molar-refractivity contribution >= 4 is 17.3 Å². The number of phenols is 1. The normalized spacial score (nSPS) is 9.80. The van der Waals surface area contributed by atoms with Crippen LogP contribution in [0.2, 0.25) is 5.02 Å². The molecule has 1 rings (SSSR count). The second kappa shape index (κ2) is 2.39. The summed E-state index contributed by atoms with van der Waals surface area (Å²) in [5.41, 5.74) is 6.50. The van der Waals surface area contributed by atoms with Gasteiger partial charge in [-0.3, -0.25) is 0 Å². The Kier molecular flexibility index (Phi) is 1.72. The van der Waals surface area contributed by atoms with Crippen molar-refractivity contribution in [3.8, 4) is 5.75 Å². The molecule has 3 heteroatoms. The molecule has 0 spiro atoms. The molecule has 0 aliphatic carbocycles. The number of aromatic hydroxyl groups is 1. The highest BCUT2D eigenvalue weighted by Gasteiger charge is 1.99. The fraction of sp³-hybridized carbons (Fsp3) is 0.143. The third-order valence-corrected chi connectivity index (χ3v) is 1.72. The van der Waals surface area contributed by atoms with Gasteiger partial charge in [-0.2, -0.15) is 0 Å². The molecule has 3 N–H and O–H groups in total. The van der Waals surface area contributed by atoms with E-state index in [4.69, 9.17) is 22.4 Å². The monoisotopic (exact) mass is 157 g/mol. The van der Waals surface area contributed by atoms with Crippen LogP contribution in [0.15, 0.2) is 12.1 Å². The van der Waals surface area contributed by atoms with Crippen LogP contribution in [-0.4, -0.2) is 5.11 Å². The summed E-state index contributed by atoms with van der Waals surface area (Å²) in [4.78, 5) is 0. The SMILES string of the molecule is Cc1cc(O)c(N)cc1Cl. The van der Waals surface area contributed by atoms with Gasteiger partial charge in [-0.1, -0.05) is 11.6 Å². The van der Waals surface area contributed by atoms with Crippen LogP contribution in [0.5, 0.6) is 5.75 Å². The second-order valence-electron chi connectivity index (χ2n) is 2.16. The first-order valence-electron chi connectivity index (χ1n) is 2.86. The molecule has 0 bridgehead atoms. The molecule has 2 nitrogen and oxygen atoms in total. The van der Waals surface area contributed by atoms with Crippen LogP contribution in [0.3, 0.4) is 0 Å². The highest BCUT2D eigenvalue weighted by Crippen LogP contribution is 2.26. The van der Waals surface area contributed by atoms with E-state index < -0.39 is 0 Å². The summed E-state index contributed by atoms with van der Waals surface area (Å²) in [7, 11) is 0. The summed E-state index contributed by atoms with van der Waals surface area (Å²) in [5, 5.41) is 9.62. The number of hydrogen-bond acceptors (Lipinski definition) is 2. The first-order chi connectivity index (χ1) is 4.61. The number of phenolic OH excluding ortho intramolecular Hbond substituents is 1. The van der Waals surface area contributed by atoms with Crippen LogP contribution in [0.25, 0.3) is 0 Å². The van der Waals surface area contributed by atoms with Gasteiger partial charge in [0, 0.05) is 5.02 Å². The molecule has 0 heterocycles. The van der Waals surface area contributed by atoms with Crippen molar-refractivity contribution in [2.75, 3.05) is 5.73 Å². The summed E-state index contributed by atoms with van der Waals surface area (Å²) in [6, 6.07) is 3.07. The van der Waals surface area contributed by atoms with Crippen LogP contribution in [0.1, 0.15) is 5.56 Å². The lowest BCUT2D eigenvalue weighted by Crippen LogP contribution is -1.86. The van der Waals surface area contributed by atoms with Crippen molar-refractivity contribution in [2.24, 2.45) is 0 Å². The Balaban J connectivity index is 3.28. The smallest absolute Gasteiger partial charge is 0.138 e. The lowest BCUT2D eigenvalue weighted by Gasteiger charge is -2.01. The van der Waals surface area contributed by atoms with Gasteiger partial charge in [0.2, 0.25) is 0 Å². The van der Waals surface area contributed by atoms with Crippen LogP contribution in [0.4, 0.5) is 5.69 Å². The number of halogens is 1. The zero-order chi connectivity index (χ0) is 7.72. The predicted octanol–water partition coefficient (Wildman–Crippen LogP) is 1.94. The maximum Gasteiger partial charge on any atom is 0.138 e. The Bertz CT molecular complexity index is 210. The molecule has 0 saturated carbocycles. The summed E-state index contributed by atoms with van der Waals surface area (Å²) in [6.45, 7) is 1.81. The molecule has 0 aliphatic heterocycles. The van der Waals surface area contributed by atoms with Gasteiger partial charge in [-0.05, 0) is 24.6 Å². The first kappa shape index (κ1) is 7.22. The Morgan fingerprint density at radius 1 is 1.50 bits per heavy atom. The van der Waals surface area contributed by atoms with E-state index in [1.807, 2.05) is 6.92 Å². The van der Waals surface area contributed by atoms with Crippen molar-refractivity contribution in [2.45, 2.75) is 6.92 Å². The van der Waals surface area contributed by atoms with E-state index in [-0.39, 0.29) is 5.75 Å². The van der Waals surface area contributed by atoms with Gasteiger partial charge in [-0.25, -0.2) is 0 Å². The number of benzene rings is 1. The number of nitrogen functional groups attached to an aromatic ring is 1. The van der Waals surface area contributed by atoms with Crippen LogP contribution in [0, 0.1) is 6.92 Å². The minimum absolute atomic E-state index is 0.0851. The molecular formula is C7H8ClNO. The van der Waals surface area contributed by atoms with Gasteiger partial charge in [0.15, 0.2) is 0 Å². The minimum atomic E-state index is 0.0851. The van der Waals surface area contributed by atoms with Crippen molar-refractivity contribution < 1.29 is 5.11 Å². The maximum absolute atomic E-state index is 9.04. The van der Waals surface area contributed by atoms with E-state index in [1.165, 1.54) is 12.1 Å². The van der Waals surface area contributed by atoms with Gasteiger partial charge in [0.05, 0.1) is 5.69 Å². The van der Waals surface area contributed by atoms with E-state index in [0.29, 0.717) is 10.7 Å². The lowest BCUT2D eigenvalue weighted by molar-refractivity contribution is 0.477. The molecular weight excluding hydrogens is 150 g/mol. The van der Waals surface area contributed by atoms with E-state index in [2.05, 4.69) is 0 Å². The van der Waals surface area contributed by atoms with E-state index in [9.17, 15) is 0 Å². The summed E-state index contributed by atoms with van der Waals surface area (Å²) in [5.74, 6) is 0.0851. The highest BCUT2D eigenvalue weighted by molar-refractivity contribution is 6.31. The fourth-order valence-electron chi connectivity index (χ4n) is 0.682. The molecule has 0 aromatic heterocycles. The maximum atomic E-state index is 9.04. The Labute approximate surface area is 64.2 Å². The van der Waals surface area contributed by atoms with Crippen LogP contribution >= 0.6 is 11.6 Å². The molecule has 0 saturated heterocycles. The first-order valence-corrected chi connectivity index (χ1v) is 3.23. The zero-order valence-electron chi connectivity index (χ0n) is 5.56. The Morgan fingerprint density at radius 2 is 2.10 bits per heavy atom. The van der Waals surface area contributed by atoms with Gasteiger partial charge in [0.1, 0.15) is 5.75 Å². The molecule has 0 radical (unpaired) electrons. The standard InChI is InChI=1S/C7H8ClNO/c1-4-2-7(10)6(9)3-5(4)8/h2-3,10H,9H2,1H3. The third-order valence-electron chi connectivity index (χ3n) is 1.31. The molecule has 1 aromatic carbocycles. The van der Waals surface area contributed by atoms with Gasteiger partial charge in [0.25, 0.3) is 0 Å². The Hall–Kier alpha value is -0.890. The Morgan fingerprint density at radius 3 is 2.60 bits per heavy atom. The highest BCUT2D eigenvalue weighted by atomic mass is 35.5. The van der Waals surface area contributed by atoms with Crippen molar-refractivity contribution in [3.63, 3.8) is 0 Å². The number of nitrogens with two attached hydrogens (primary N) is 1. The molecule has 10 heavy (non-hydrogen) atoms. The molecule has 54 valence electrons.